The monoisotopic (exact) mass is 250 g/mol. The second-order valence-electron chi connectivity index (χ2n) is 5.92. The van der Waals surface area contributed by atoms with E-state index >= 15 is 0 Å². The van der Waals surface area contributed by atoms with Crippen LogP contribution in [0.15, 0.2) is 24.3 Å². The summed E-state index contributed by atoms with van der Waals surface area (Å²) >= 11 is 0. The summed E-state index contributed by atoms with van der Waals surface area (Å²) in [5.41, 5.74) is 1.51. The average molecular weight is 250 g/mol. The van der Waals surface area contributed by atoms with Crippen LogP contribution in [0.3, 0.4) is 0 Å². The number of nitrogens with zero attached hydrogens (tertiary/aromatic N) is 1. The molecule has 2 rings (SSSR count). The number of anilines is 1. The summed E-state index contributed by atoms with van der Waals surface area (Å²) in [5, 5.41) is 3.29. The normalized spacial score (nSPS) is 23.1. The molecule has 1 saturated heterocycles. The van der Waals surface area contributed by atoms with E-state index < -0.39 is 0 Å². The van der Waals surface area contributed by atoms with Gasteiger partial charge in [-0.1, -0.05) is 13.8 Å². The minimum Gasteiger partial charge on any atom is -0.371 e. The van der Waals surface area contributed by atoms with Gasteiger partial charge in [0.1, 0.15) is 5.82 Å². The van der Waals surface area contributed by atoms with Crippen LogP contribution in [-0.4, -0.2) is 26.7 Å². The first-order chi connectivity index (χ1) is 8.53. The van der Waals surface area contributed by atoms with Crippen LogP contribution in [0, 0.1) is 17.2 Å². The number of benzene rings is 1. The Kier molecular flexibility index (Phi) is 3.91. The molecule has 18 heavy (non-hydrogen) atoms. The zero-order chi connectivity index (χ0) is 13.2. The van der Waals surface area contributed by atoms with E-state index in [9.17, 15) is 4.39 Å². The van der Waals surface area contributed by atoms with Gasteiger partial charge in [-0.15, -0.1) is 0 Å². The maximum atomic E-state index is 12.9. The molecular formula is C15H23FN2. The summed E-state index contributed by atoms with van der Waals surface area (Å²) in [4.78, 5) is 2.37. The van der Waals surface area contributed by atoms with E-state index in [2.05, 4.69) is 24.1 Å². The first-order valence-corrected chi connectivity index (χ1v) is 6.68. The topological polar surface area (TPSA) is 15.3 Å². The van der Waals surface area contributed by atoms with Gasteiger partial charge < -0.3 is 10.2 Å². The number of hydrogen-bond acceptors (Lipinski definition) is 2. The average Bonchev–Trinajstić information content (AvgIpc) is 2.33. The van der Waals surface area contributed by atoms with Crippen LogP contribution in [0.1, 0.15) is 20.3 Å². The van der Waals surface area contributed by atoms with Gasteiger partial charge in [-0.05, 0) is 55.6 Å². The molecule has 1 atom stereocenters. The molecule has 1 heterocycles. The highest BCUT2D eigenvalue weighted by atomic mass is 19.1. The zero-order valence-corrected chi connectivity index (χ0v) is 11.5. The van der Waals surface area contributed by atoms with Crippen molar-refractivity contribution in [3.05, 3.63) is 30.1 Å². The maximum Gasteiger partial charge on any atom is 0.123 e. The SMILES string of the molecule is CNCC1CN(c2ccc(F)cc2)CCC1(C)C. The first-order valence-electron chi connectivity index (χ1n) is 6.68. The number of piperidine rings is 1. The predicted molar refractivity (Wildman–Crippen MR) is 74.4 cm³/mol. The molecule has 3 heteroatoms. The van der Waals surface area contributed by atoms with Gasteiger partial charge >= 0.3 is 0 Å². The molecular weight excluding hydrogens is 227 g/mol. The van der Waals surface area contributed by atoms with Gasteiger partial charge in [0.15, 0.2) is 0 Å². The van der Waals surface area contributed by atoms with Crippen LogP contribution in [0.25, 0.3) is 0 Å². The summed E-state index contributed by atoms with van der Waals surface area (Å²) in [6, 6.07) is 6.85. The first kappa shape index (κ1) is 13.3. The minimum atomic E-state index is -0.164. The lowest BCUT2D eigenvalue weighted by Crippen LogP contribution is -2.48. The van der Waals surface area contributed by atoms with E-state index in [4.69, 9.17) is 0 Å². The Balaban J connectivity index is 2.10. The van der Waals surface area contributed by atoms with Crippen molar-refractivity contribution in [1.29, 1.82) is 0 Å². The van der Waals surface area contributed by atoms with Crippen molar-refractivity contribution in [3.63, 3.8) is 0 Å². The Hall–Kier alpha value is -1.09. The smallest absolute Gasteiger partial charge is 0.123 e. The Morgan fingerprint density at radius 1 is 1.33 bits per heavy atom. The summed E-state index contributed by atoms with van der Waals surface area (Å²) in [6.45, 7) is 7.82. The summed E-state index contributed by atoms with van der Waals surface area (Å²) in [5.74, 6) is 0.462. The van der Waals surface area contributed by atoms with E-state index in [1.54, 1.807) is 12.1 Å². The van der Waals surface area contributed by atoms with Crippen molar-refractivity contribution in [2.24, 2.45) is 11.3 Å². The fourth-order valence-corrected chi connectivity index (χ4v) is 2.71. The highest BCUT2D eigenvalue weighted by Crippen LogP contribution is 2.36. The van der Waals surface area contributed by atoms with Crippen molar-refractivity contribution >= 4 is 5.69 Å². The Labute approximate surface area is 109 Å². The van der Waals surface area contributed by atoms with Gasteiger partial charge in [0, 0.05) is 18.8 Å². The molecule has 0 bridgehead atoms. The lowest BCUT2D eigenvalue weighted by atomic mass is 9.73. The molecule has 0 amide bonds. The molecule has 1 N–H and O–H groups in total. The third-order valence-corrected chi connectivity index (χ3v) is 4.21. The molecule has 1 fully saturated rings. The molecule has 2 nitrogen and oxygen atoms in total. The Morgan fingerprint density at radius 2 is 2.00 bits per heavy atom. The molecule has 1 aliphatic rings. The standard InChI is InChI=1S/C15H23FN2/c1-15(2)8-9-18(11-12(15)10-17-3)14-6-4-13(16)5-7-14/h4-7,12,17H,8-11H2,1-3H3. The summed E-state index contributed by atoms with van der Waals surface area (Å²) < 4.78 is 12.9. The van der Waals surface area contributed by atoms with Crippen molar-refractivity contribution in [1.82, 2.24) is 5.32 Å². The van der Waals surface area contributed by atoms with E-state index in [1.807, 2.05) is 19.2 Å². The van der Waals surface area contributed by atoms with Crippen molar-refractivity contribution in [2.75, 3.05) is 31.6 Å². The zero-order valence-electron chi connectivity index (χ0n) is 11.5. The van der Waals surface area contributed by atoms with Gasteiger partial charge in [0.25, 0.3) is 0 Å². The Morgan fingerprint density at radius 3 is 2.61 bits per heavy atom. The van der Waals surface area contributed by atoms with Crippen LogP contribution in [0.4, 0.5) is 10.1 Å². The minimum absolute atomic E-state index is 0.164. The van der Waals surface area contributed by atoms with Gasteiger partial charge in [-0.3, -0.25) is 0 Å². The lowest BCUT2D eigenvalue weighted by molar-refractivity contribution is 0.169. The van der Waals surface area contributed by atoms with Crippen molar-refractivity contribution in [2.45, 2.75) is 20.3 Å². The Bertz CT molecular complexity index is 386. The fraction of sp³-hybridized carbons (Fsp3) is 0.600. The van der Waals surface area contributed by atoms with E-state index in [-0.39, 0.29) is 5.82 Å². The highest BCUT2D eigenvalue weighted by Gasteiger charge is 2.34. The number of rotatable bonds is 3. The quantitative estimate of drug-likeness (QED) is 0.887. The van der Waals surface area contributed by atoms with Gasteiger partial charge in [-0.25, -0.2) is 4.39 Å². The second kappa shape index (κ2) is 5.27. The van der Waals surface area contributed by atoms with E-state index in [1.165, 1.54) is 6.42 Å². The molecule has 1 aromatic rings. The van der Waals surface area contributed by atoms with E-state index in [0.717, 1.165) is 25.3 Å². The molecule has 0 spiro atoms. The molecule has 1 unspecified atom stereocenters. The third-order valence-electron chi connectivity index (χ3n) is 4.21. The largest absolute Gasteiger partial charge is 0.371 e. The number of nitrogens with one attached hydrogen (secondary N) is 1. The van der Waals surface area contributed by atoms with Crippen molar-refractivity contribution in [3.8, 4) is 0 Å². The van der Waals surface area contributed by atoms with Gasteiger partial charge in [0.05, 0.1) is 0 Å². The highest BCUT2D eigenvalue weighted by molar-refractivity contribution is 5.46. The molecule has 0 radical (unpaired) electrons. The second-order valence-corrected chi connectivity index (χ2v) is 5.92. The summed E-state index contributed by atoms with van der Waals surface area (Å²) in [7, 11) is 2.01. The number of hydrogen-bond donors (Lipinski definition) is 1. The van der Waals surface area contributed by atoms with Crippen LogP contribution in [0.5, 0.6) is 0 Å². The summed E-state index contributed by atoms with van der Waals surface area (Å²) in [6.07, 6.45) is 1.18. The molecule has 0 saturated carbocycles. The van der Waals surface area contributed by atoms with Crippen LogP contribution >= 0.6 is 0 Å². The molecule has 0 aliphatic carbocycles. The van der Waals surface area contributed by atoms with Crippen molar-refractivity contribution < 1.29 is 4.39 Å². The molecule has 100 valence electrons. The molecule has 1 aliphatic heterocycles. The lowest BCUT2D eigenvalue weighted by Gasteiger charge is -2.45. The third kappa shape index (κ3) is 2.83. The maximum absolute atomic E-state index is 12.9. The van der Waals surface area contributed by atoms with E-state index in [0.29, 0.717) is 11.3 Å². The predicted octanol–water partition coefficient (Wildman–Crippen LogP) is 2.90. The molecule has 0 aromatic heterocycles. The fourth-order valence-electron chi connectivity index (χ4n) is 2.71. The van der Waals surface area contributed by atoms with Gasteiger partial charge in [-0.2, -0.15) is 0 Å². The van der Waals surface area contributed by atoms with Crippen LogP contribution < -0.4 is 10.2 Å². The molecule has 1 aromatic carbocycles. The number of halogens is 1. The van der Waals surface area contributed by atoms with Crippen LogP contribution in [0.2, 0.25) is 0 Å². The van der Waals surface area contributed by atoms with Crippen LogP contribution in [-0.2, 0) is 0 Å². The van der Waals surface area contributed by atoms with Gasteiger partial charge in [0.2, 0.25) is 0 Å².